The van der Waals surface area contributed by atoms with Crippen molar-refractivity contribution in [1.29, 1.82) is 0 Å². The van der Waals surface area contributed by atoms with Gasteiger partial charge in [0.05, 0.1) is 5.69 Å². The summed E-state index contributed by atoms with van der Waals surface area (Å²) in [5.41, 5.74) is 1.01. The third-order valence-corrected chi connectivity index (χ3v) is 3.44. The molecule has 0 saturated heterocycles. The molecule has 0 aliphatic rings. The van der Waals surface area contributed by atoms with E-state index in [1.165, 1.54) is 18.2 Å². The second kappa shape index (κ2) is 8.04. The van der Waals surface area contributed by atoms with Gasteiger partial charge < -0.3 is 15.4 Å². The van der Waals surface area contributed by atoms with E-state index in [4.69, 9.17) is 0 Å². The number of alkyl halides is 3. The Morgan fingerprint density at radius 1 is 1.16 bits per heavy atom. The second-order valence-corrected chi connectivity index (χ2v) is 5.52. The normalized spacial score (nSPS) is 12.6. The Balaban J connectivity index is 2.38. The largest absolute Gasteiger partial charge is 0.573 e. The van der Waals surface area contributed by atoms with Gasteiger partial charge in [-0.3, -0.25) is 0 Å². The van der Waals surface area contributed by atoms with Crippen molar-refractivity contribution in [2.24, 2.45) is 0 Å². The van der Waals surface area contributed by atoms with Crippen LogP contribution in [0.2, 0.25) is 0 Å². The SMILES string of the molecule is CCNc1cc(-c2cccc(OC(F)(F)F)c2)nc(N[C@H](C)CC)n1. The molecule has 0 radical (unpaired) electrons. The third kappa shape index (κ3) is 5.81. The molecule has 0 saturated carbocycles. The molecule has 0 amide bonds. The highest BCUT2D eigenvalue weighted by Gasteiger charge is 2.31. The Hall–Kier alpha value is -2.51. The monoisotopic (exact) mass is 354 g/mol. The van der Waals surface area contributed by atoms with Crippen LogP contribution in [-0.4, -0.2) is 28.9 Å². The fourth-order valence-electron chi connectivity index (χ4n) is 2.11. The number of hydrogen-bond donors (Lipinski definition) is 2. The molecule has 1 aromatic carbocycles. The van der Waals surface area contributed by atoms with Crippen LogP contribution in [0.25, 0.3) is 11.3 Å². The van der Waals surface area contributed by atoms with Gasteiger partial charge in [0, 0.05) is 24.2 Å². The van der Waals surface area contributed by atoms with Gasteiger partial charge in [-0.1, -0.05) is 19.1 Å². The Kier molecular flexibility index (Phi) is 6.06. The van der Waals surface area contributed by atoms with Crippen molar-refractivity contribution in [1.82, 2.24) is 9.97 Å². The van der Waals surface area contributed by atoms with Crippen LogP contribution in [0.4, 0.5) is 24.9 Å². The summed E-state index contributed by atoms with van der Waals surface area (Å²) in [5, 5.41) is 6.28. The van der Waals surface area contributed by atoms with E-state index in [0.29, 0.717) is 29.6 Å². The first-order chi connectivity index (χ1) is 11.8. The van der Waals surface area contributed by atoms with Crippen LogP contribution >= 0.6 is 0 Å². The van der Waals surface area contributed by atoms with Crippen molar-refractivity contribution in [3.63, 3.8) is 0 Å². The van der Waals surface area contributed by atoms with Crippen LogP contribution in [0, 0.1) is 0 Å². The van der Waals surface area contributed by atoms with Gasteiger partial charge in [0.1, 0.15) is 11.6 Å². The average molecular weight is 354 g/mol. The molecule has 1 heterocycles. The van der Waals surface area contributed by atoms with Crippen molar-refractivity contribution in [3.8, 4) is 17.0 Å². The van der Waals surface area contributed by atoms with Crippen LogP contribution in [0.3, 0.4) is 0 Å². The molecule has 0 bridgehead atoms. The topological polar surface area (TPSA) is 59.1 Å². The lowest BCUT2D eigenvalue weighted by Gasteiger charge is -2.15. The predicted octanol–water partition coefficient (Wildman–Crippen LogP) is 4.68. The number of nitrogens with one attached hydrogen (secondary N) is 2. The number of aromatic nitrogens is 2. The molecular weight excluding hydrogens is 333 g/mol. The Morgan fingerprint density at radius 3 is 2.56 bits per heavy atom. The first-order valence-corrected chi connectivity index (χ1v) is 8.06. The van der Waals surface area contributed by atoms with Crippen molar-refractivity contribution >= 4 is 11.8 Å². The van der Waals surface area contributed by atoms with Crippen LogP contribution in [0.5, 0.6) is 5.75 Å². The maximum Gasteiger partial charge on any atom is 0.573 e. The second-order valence-electron chi connectivity index (χ2n) is 5.52. The van der Waals surface area contributed by atoms with Crippen LogP contribution in [0.1, 0.15) is 27.2 Å². The van der Waals surface area contributed by atoms with E-state index in [2.05, 4.69) is 25.3 Å². The quantitative estimate of drug-likeness (QED) is 0.756. The lowest BCUT2D eigenvalue weighted by Crippen LogP contribution is -2.17. The van der Waals surface area contributed by atoms with Gasteiger partial charge in [-0.2, -0.15) is 4.98 Å². The van der Waals surface area contributed by atoms with Crippen molar-refractivity contribution in [2.45, 2.75) is 39.6 Å². The van der Waals surface area contributed by atoms with Crippen molar-refractivity contribution < 1.29 is 17.9 Å². The summed E-state index contributed by atoms with van der Waals surface area (Å²) in [6.45, 7) is 6.63. The molecule has 2 aromatic rings. The van der Waals surface area contributed by atoms with Crippen LogP contribution < -0.4 is 15.4 Å². The lowest BCUT2D eigenvalue weighted by atomic mass is 10.1. The molecule has 8 heteroatoms. The highest BCUT2D eigenvalue weighted by atomic mass is 19.4. The zero-order chi connectivity index (χ0) is 18.4. The van der Waals surface area contributed by atoms with E-state index < -0.39 is 6.36 Å². The highest BCUT2D eigenvalue weighted by Crippen LogP contribution is 2.28. The number of hydrogen-bond acceptors (Lipinski definition) is 5. The summed E-state index contributed by atoms with van der Waals surface area (Å²) >= 11 is 0. The van der Waals surface area contributed by atoms with Gasteiger partial charge in [-0.15, -0.1) is 13.2 Å². The zero-order valence-corrected chi connectivity index (χ0v) is 14.3. The summed E-state index contributed by atoms with van der Waals surface area (Å²) in [5.74, 6) is 0.732. The van der Waals surface area contributed by atoms with E-state index in [-0.39, 0.29) is 11.8 Å². The maximum atomic E-state index is 12.4. The van der Waals surface area contributed by atoms with Gasteiger partial charge in [0.25, 0.3) is 0 Å². The number of rotatable bonds is 7. The molecule has 0 aliphatic heterocycles. The molecule has 0 fully saturated rings. The van der Waals surface area contributed by atoms with Gasteiger partial charge in [-0.25, -0.2) is 4.98 Å². The third-order valence-electron chi connectivity index (χ3n) is 3.44. The molecule has 5 nitrogen and oxygen atoms in total. The van der Waals surface area contributed by atoms with E-state index in [1.807, 2.05) is 20.8 Å². The van der Waals surface area contributed by atoms with Crippen LogP contribution in [0.15, 0.2) is 30.3 Å². The van der Waals surface area contributed by atoms with Gasteiger partial charge >= 0.3 is 6.36 Å². The van der Waals surface area contributed by atoms with Crippen molar-refractivity contribution in [2.75, 3.05) is 17.2 Å². The molecule has 0 aliphatic carbocycles. The van der Waals surface area contributed by atoms with E-state index in [9.17, 15) is 13.2 Å². The minimum absolute atomic E-state index is 0.171. The number of anilines is 2. The molecule has 136 valence electrons. The average Bonchev–Trinajstić information content (AvgIpc) is 2.53. The van der Waals surface area contributed by atoms with Crippen molar-refractivity contribution in [3.05, 3.63) is 30.3 Å². The standard InChI is InChI=1S/C17H21F3N4O/c1-4-11(3)22-16-23-14(10-15(24-16)21-5-2)12-7-6-8-13(9-12)25-17(18,19)20/h6-11H,4-5H2,1-3H3,(H2,21,22,23,24)/t11-/m1/s1. The van der Waals surface area contributed by atoms with E-state index in [0.717, 1.165) is 6.42 Å². The molecule has 0 spiro atoms. The first kappa shape index (κ1) is 18.8. The number of halogens is 3. The molecule has 2 rings (SSSR count). The molecule has 25 heavy (non-hydrogen) atoms. The summed E-state index contributed by atoms with van der Waals surface area (Å²) in [6.07, 6.45) is -3.85. The zero-order valence-electron chi connectivity index (χ0n) is 14.3. The number of nitrogens with zero attached hydrogens (tertiary/aromatic N) is 2. The highest BCUT2D eigenvalue weighted by molar-refractivity contribution is 5.66. The fourth-order valence-corrected chi connectivity index (χ4v) is 2.11. The van der Waals surface area contributed by atoms with Gasteiger partial charge in [-0.05, 0) is 32.4 Å². The molecule has 0 unspecified atom stereocenters. The van der Waals surface area contributed by atoms with E-state index >= 15 is 0 Å². The predicted molar refractivity (Wildman–Crippen MR) is 91.7 cm³/mol. The maximum absolute atomic E-state index is 12.4. The smallest absolute Gasteiger partial charge is 0.406 e. The minimum Gasteiger partial charge on any atom is -0.406 e. The summed E-state index contributed by atoms with van der Waals surface area (Å²) in [7, 11) is 0. The Morgan fingerprint density at radius 2 is 1.92 bits per heavy atom. The number of benzene rings is 1. The molecule has 1 atom stereocenters. The van der Waals surface area contributed by atoms with Gasteiger partial charge in [0.15, 0.2) is 0 Å². The molecule has 1 aromatic heterocycles. The number of ether oxygens (including phenoxy) is 1. The summed E-state index contributed by atoms with van der Waals surface area (Å²) in [4.78, 5) is 8.79. The Bertz CT molecular complexity index is 707. The lowest BCUT2D eigenvalue weighted by molar-refractivity contribution is -0.274. The van der Waals surface area contributed by atoms with E-state index in [1.54, 1.807) is 12.1 Å². The summed E-state index contributed by atoms with van der Waals surface area (Å²) in [6, 6.07) is 7.59. The minimum atomic E-state index is -4.73. The van der Waals surface area contributed by atoms with Crippen LogP contribution in [-0.2, 0) is 0 Å². The Labute approximate surface area is 144 Å². The fraction of sp³-hybridized carbons (Fsp3) is 0.412. The molecule has 2 N–H and O–H groups in total. The first-order valence-electron chi connectivity index (χ1n) is 8.06. The summed E-state index contributed by atoms with van der Waals surface area (Å²) < 4.78 is 41.2. The molecular formula is C17H21F3N4O. The van der Waals surface area contributed by atoms with Gasteiger partial charge in [0.2, 0.25) is 5.95 Å².